The molecule has 1 aliphatic rings. The fourth-order valence-corrected chi connectivity index (χ4v) is 1.61. The number of nitrogens with two attached hydrogens (primary N) is 1. The minimum Gasteiger partial charge on any atom is -0.338 e. The van der Waals surface area contributed by atoms with E-state index in [1.165, 1.54) is 12.8 Å². The van der Waals surface area contributed by atoms with Crippen LogP contribution in [-0.2, 0) is 13.0 Å². The summed E-state index contributed by atoms with van der Waals surface area (Å²) in [5.74, 6) is 1.29. The van der Waals surface area contributed by atoms with Crippen LogP contribution in [0.5, 0.6) is 0 Å². The van der Waals surface area contributed by atoms with Gasteiger partial charge < -0.3 is 15.6 Å². The molecule has 0 bridgehead atoms. The van der Waals surface area contributed by atoms with Gasteiger partial charge >= 0.3 is 0 Å². The summed E-state index contributed by atoms with van der Waals surface area (Å²) in [4.78, 5) is 4.15. The molecule has 3 N–H and O–H groups in total. The molecule has 0 aromatic carbocycles. The predicted molar refractivity (Wildman–Crippen MR) is 46.9 cm³/mol. The minimum absolute atomic E-state index is 0.324. The van der Waals surface area contributed by atoms with E-state index in [0.29, 0.717) is 18.5 Å². The summed E-state index contributed by atoms with van der Waals surface area (Å²) in [6.45, 7) is 1.43. The van der Waals surface area contributed by atoms with Crippen molar-refractivity contribution < 1.29 is 4.52 Å². The molecule has 1 aromatic heterocycles. The summed E-state index contributed by atoms with van der Waals surface area (Å²) in [5, 5.41) is 7.22. The fraction of sp³-hybridized carbons (Fsp3) is 0.750. The highest BCUT2D eigenvalue weighted by atomic mass is 16.5. The summed E-state index contributed by atoms with van der Waals surface area (Å²) in [6.07, 6.45) is 3.29. The molecule has 13 heavy (non-hydrogen) atoms. The van der Waals surface area contributed by atoms with E-state index in [2.05, 4.69) is 15.5 Å². The molecule has 0 aliphatic carbocycles. The Morgan fingerprint density at radius 2 is 2.54 bits per heavy atom. The first kappa shape index (κ1) is 8.65. The Balaban J connectivity index is 1.92. The maximum Gasteiger partial charge on any atom is 0.240 e. The van der Waals surface area contributed by atoms with Gasteiger partial charge in [0.15, 0.2) is 5.82 Å². The molecule has 1 atom stereocenters. The summed E-state index contributed by atoms with van der Waals surface area (Å²) in [6, 6.07) is 0.517. The van der Waals surface area contributed by atoms with Crippen LogP contribution < -0.4 is 11.1 Å². The molecule has 2 rings (SSSR count). The van der Waals surface area contributed by atoms with Gasteiger partial charge in [-0.05, 0) is 19.4 Å². The second-order valence-corrected chi connectivity index (χ2v) is 3.31. The molecule has 72 valence electrons. The maximum absolute atomic E-state index is 5.36. The van der Waals surface area contributed by atoms with Crippen LogP contribution >= 0.6 is 0 Å². The van der Waals surface area contributed by atoms with E-state index in [-0.39, 0.29) is 0 Å². The van der Waals surface area contributed by atoms with Crippen LogP contribution in [0.25, 0.3) is 0 Å². The molecule has 5 nitrogen and oxygen atoms in total. The molecule has 0 saturated carbocycles. The van der Waals surface area contributed by atoms with Crippen molar-refractivity contribution in [2.24, 2.45) is 5.73 Å². The monoisotopic (exact) mass is 182 g/mol. The number of aromatic nitrogens is 2. The molecule has 1 unspecified atom stereocenters. The first-order valence-corrected chi connectivity index (χ1v) is 4.63. The normalized spacial score (nSPS) is 22.4. The van der Waals surface area contributed by atoms with Crippen LogP contribution in [0.2, 0.25) is 0 Å². The summed E-state index contributed by atoms with van der Waals surface area (Å²) < 4.78 is 4.91. The van der Waals surface area contributed by atoms with Crippen LogP contribution in [0, 0.1) is 0 Å². The van der Waals surface area contributed by atoms with Crippen LogP contribution in [0.3, 0.4) is 0 Å². The third-order valence-corrected chi connectivity index (χ3v) is 2.28. The van der Waals surface area contributed by atoms with E-state index in [4.69, 9.17) is 10.3 Å². The van der Waals surface area contributed by atoms with Crippen molar-refractivity contribution in [2.75, 3.05) is 6.54 Å². The quantitative estimate of drug-likeness (QED) is 0.678. The predicted octanol–water partition coefficient (Wildman–Crippen LogP) is -0.177. The van der Waals surface area contributed by atoms with Gasteiger partial charge in [-0.15, -0.1) is 0 Å². The lowest BCUT2D eigenvalue weighted by Gasteiger charge is -2.04. The third-order valence-electron chi connectivity index (χ3n) is 2.28. The van der Waals surface area contributed by atoms with Gasteiger partial charge in [-0.3, -0.25) is 0 Å². The molecule has 1 aromatic rings. The summed E-state index contributed by atoms with van der Waals surface area (Å²) in [5.41, 5.74) is 5.36. The third kappa shape index (κ3) is 2.05. The second-order valence-electron chi connectivity index (χ2n) is 3.31. The lowest BCUT2D eigenvalue weighted by molar-refractivity contribution is 0.372. The van der Waals surface area contributed by atoms with E-state index in [1.807, 2.05) is 0 Å². The average Bonchev–Trinajstić information content (AvgIpc) is 2.76. The minimum atomic E-state index is 0.324. The number of rotatable bonds is 3. The standard InChI is InChI=1S/C8H14N4O/c9-5-8-11-7(12-13-8)4-6-2-1-3-10-6/h6,10H,1-5,9H2. The van der Waals surface area contributed by atoms with Gasteiger partial charge in [-0.1, -0.05) is 5.16 Å². The maximum atomic E-state index is 5.36. The molecule has 0 amide bonds. The van der Waals surface area contributed by atoms with Gasteiger partial charge in [0.25, 0.3) is 0 Å². The molecule has 0 spiro atoms. The topological polar surface area (TPSA) is 77.0 Å². The van der Waals surface area contributed by atoms with Crippen molar-refractivity contribution in [1.82, 2.24) is 15.5 Å². The summed E-state index contributed by atoms with van der Waals surface area (Å²) in [7, 11) is 0. The van der Waals surface area contributed by atoms with E-state index < -0.39 is 0 Å². The smallest absolute Gasteiger partial charge is 0.240 e. The number of hydrogen-bond acceptors (Lipinski definition) is 5. The van der Waals surface area contributed by atoms with Crippen molar-refractivity contribution in [3.05, 3.63) is 11.7 Å². The highest BCUT2D eigenvalue weighted by Gasteiger charge is 2.17. The number of nitrogens with one attached hydrogen (secondary N) is 1. The van der Waals surface area contributed by atoms with Crippen LogP contribution in [0.1, 0.15) is 24.6 Å². The van der Waals surface area contributed by atoms with E-state index in [1.54, 1.807) is 0 Å². The van der Waals surface area contributed by atoms with Crippen molar-refractivity contribution >= 4 is 0 Å². The van der Waals surface area contributed by atoms with Gasteiger partial charge in [0.05, 0.1) is 6.54 Å². The fourth-order valence-electron chi connectivity index (χ4n) is 1.61. The Kier molecular flexibility index (Phi) is 2.56. The first-order chi connectivity index (χ1) is 6.38. The van der Waals surface area contributed by atoms with Crippen LogP contribution in [0.4, 0.5) is 0 Å². The molecule has 2 heterocycles. The number of hydrogen-bond donors (Lipinski definition) is 2. The first-order valence-electron chi connectivity index (χ1n) is 4.63. The van der Waals surface area contributed by atoms with Crippen molar-refractivity contribution in [3.8, 4) is 0 Å². The molecule has 1 saturated heterocycles. The van der Waals surface area contributed by atoms with Gasteiger partial charge in [0.2, 0.25) is 5.89 Å². The zero-order valence-corrected chi connectivity index (χ0v) is 7.49. The Bertz CT molecular complexity index is 267. The Hall–Kier alpha value is -0.940. The highest BCUT2D eigenvalue weighted by Crippen LogP contribution is 2.09. The van der Waals surface area contributed by atoms with Crippen molar-refractivity contribution in [1.29, 1.82) is 0 Å². The van der Waals surface area contributed by atoms with Gasteiger partial charge in [-0.25, -0.2) is 0 Å². The SMILES string of the molecule is NCc1nc(CC2CCCN2)no1. The molecule has 0 radical (unpaired) electrons. The molecule has 1 aliphatic heterocycles. The molecule has 1 fully saturated rings. The lowest BCUT2D eigenvalue weighted by atomic mass is 10.1. The molecular weight excluding hydrogens is 168 g/mol. The second kappa shape index (κ2) is 3.85. The Morgan fingerprint density at radius 1 is 1.62 bits per heavy atom. The lowest BCUT2D eigenvalue weighted by Crippen LogP contribution is -2.24. The van der Waals surface area contributed by atoms with E-state index in [9.17, 15) is 0 Å². The highest BCUT2D eigenvalue weighted by molar-refractivity contribution is 4.91. The Labute approximate surface area is 76.7 Å². The van der Waals surface area contributed by atoms with Crippen LogP contribution in [-0.4, -0.2) is 22.7 Å². The average molecular weight is 182 g/mol. The largest absolute Gasteiger partial charge is 0.338 e. The van der Waals surface area contributed by atoms with E-state index in [0.717, 1.165) is 18.8 Å². The molecular formula is C8H14N4O. The summed E-state index contributed by atoms with van der Waals surface area (Å²) >= 11 is 0. The van der Waals surface area contributed by atoms with Crippen molar-refractivity contribution in [2.45, 2.75) is 31.8 Å². The molecule has 5 heteroatoms. The van der Waals surface area contributed by atoms with Crippen molar-refractivity contribution in [3.63, 3.8) is 0 Å². The zero-order chi connectivity index (χ0) is 9.10. The van der Waals surface area contributed by atoms with Gasteiger partial charge in [0.1, 0.15) is 0 Å². The number of nitrogens with zero attached hydrogens (tertiary/aromatic N) is 2. The van der Waals surface area contributed by atoms with E-state index >= 15 is 0 Å². The Morgan fingerprint density at radius 3 is 3.15 bits per heavy atom. The van der Waals surface area contributed by atoms with Gasteiger partial charge in [0, 0.05) is 12.5 Å². The van der Waals surface area contributed by atoms with Crippen LogP contribution in [0.15, 0.2) is 4.52 Å². The zero-order valence-electron chi connectivity index (χ0n) is 7.49. The van der Waals surface area contributed by atoms with Gasteiger partial charge in [-0.2, -0.15) is 4.98 Å².